The Kier molecular flexibility index (Phi) is 5.76. The minimum atomic E-state index is 0. The van der Waals surface area contributed by atoms with Gasteiger partial charge in [0.2, 0.25) is 0 Å². The van der Waals surface area contributed by atoms with E-state index >= 15 is 0 Å². The van der Waals surface area contributed by atoms with E-state index in [0.717, 1.165) is 54.8 Å². The van der Waals surface area contributed by atoms with Crippen LogP contribution in [-0.2, 0) is 6.54 Å². The molecule has 0 fully saturated rings. The second-order valence-corrected chi connectivity index (χ2v) is 5.23. The number of aliphatic imine (C=N–C) groups is 1. The lowest BCUT2D eigenvalue weighted by Gasteiger charge is -2.15. The molecule has 0 amide bonds. The molecule has 22 heavy (non-hydrogen) atoms. The van der Waals surface area contributed by atoms with Gasteiger partial charge < -0.3 is 10.6 Å². The van der Waals surface area contributed by atoms with Crippen molar-refractivity contribution in [3.8, 4) is 5.82 Å². The van der Waals surface area contributed by atoms with E-state index in [4.69, 9.17) is 0 Å². The molecular formula is C15H21IN6. The van der Waals surface area contributed by atoms with Crippen molar-refractivity contribution in [2.24, 2.45) is 4.99 Å². The molecule has 0 aliphatic carbocycles. The van der Waals surface area contributed by atoms with Crippen molar-refractivity contribution in [1.29, 1.82) is 0 Å². The van der Waals surface area contributed by atoms with Gasteiger partial charge in [0.1, 0.15) is 0 Å². The maximum absolute atomic E-state index is 4.49. The van der Waals surface area contributed by atoms with Crippen molar-refractivity contribution in [1.82, 2.24) is 25.4 Å². The highest BCUT2D eigenvalue weighted by Crippen LogP contribution is 2.10. The fraction of sp³-hybridized carbons (Fsp3) is 0.400. The number of guanidine groups is 1. The first-order valence-corrected chi connectivity index (χ1v) is 7.23. The van der Waals surface area contributed by atoms with Crippen molar-refractivity contribution in [3.63, 3.8) is 0 Å². The summed E-state index contributed by atoms with van der Waals surface area (Å²) in [5, 5.41) is 11.0. The Balaban J connectivity index is 0.00000176. The number of nitrogens with zero attached hydrogens (tertiary/aromatic N) is 4. The van der Waals surface area contributed by atoms with Gasteiger partial charge in [0.25, 0.3) is 0 Å². The van der Waals surface area contributed by atoms with Crippen molar-refractivity contribution < 1.29 is 0 Å². The van der Waals surface area contributed by atoms with E-state index in [1.54, 1.807) is 0 Å². The van der Waals surface area contributed by atoms with E-state index in [-0.39, 0.29) is 24.0 Å². The lowest BCUT2D eigenvalue weighted by atomic mass is 10.3. The molecular weight excluding hydrogens is 391 g/mol. The van der Waals surface area contributed by atoms with E-state index in [9.17, 15) is 0 Å². The summed E-state index contributed by atoms with van der Waals surface area (Å²) in [5.41, 5.74) is 3.21. The van der Waals surface area contributed by atoms with Crippen LogP contribution in [0.4, 0.5) is 0 Å². The largest absolute Gasteiger partial charge is 0.356 e. The number of nitrogens with one attached hydrogen (secondary N) is 2. The quantitative estimate of drug-likeness (QED) is 0.757. The normalized spacial score (nSPS) is 13.8. The van der Waals surface area contributed by atoms with Gasteiger partial charge in [-0.05, 0) is 38.0 Å². The first-order chi connectivity index (χ1) is 10.2. The molecule has 7 heteroatoms. The lowest BCUT2D eigenvalue weighted by Crippen LogP contribution is -2.40. The van der Waals surface area contributed by atoms with Gasteiger partial charge in [0.15, 0.2) is 11.8 Å². The average Bonchev–Trinajstić information content (AvgIpc) is 2.85. The second kappa shape index (κ2) is 7.57. The van der Waals surface area contributed by atoms with Crippen LogP contribution in [-0.4, -0.2) is 33.8 Å². The summed E-state index contributed by atoms with van der Waals surface area (Å²) in [6.07, 6.45) is 2.98. The molecule has 0 spiro atoms. The summed E-state index contributed by atoms with van der Waals surface area (Å²) in [5.74, 6) is 1.72. The van der Waals surface area contributed by atoms with Gasteiger partial charge in [-0.3, -0.25) is 4.99 Å². The standard InChI is InChI=1S/C15H20N6.HI/c1-11-8-12(2)21(20-11)14-5-4-13(9-18-14)10-19-15-16-6-3-7-17-15;/h4-5,8-9H,3,6-7,10H2,1-2H3,(H2,16,17,19);1H. The number of aromatic nitrogens is 3. The SMILES string of the molecule is Cc1cc(C)n(-c2ccc(CNC3=NCCCN3)cn2)n1.I. The number of rotatable bonds is 3. The summed E-state index contributed by atoms with van der Waals surface area (Å²) in [6.45, 7) is 6.62. The fourth-order valence-electron chi connectivity index (χ4n) is 2.34. The fourth-order valence-corrected chi connectivity index (χ4v) is 2.34. The molecule has 118 valence electrons. The third kappa shape index (κ3) is 3.96. The van der Waals surface area contributed by atoms with Gasteiger partial charge in [0.05, 0.1) is 5.69 Å². The summed E-state index contributed by atoms with van der Waals surface area (Å²) in [7, 11) is 0. The van der Waals surface area contributed by atoms with Crippen LogP contribution < -0.4 is 10.6 Å². The Morgan fingerprint density at radius 2 is 2.18 bits per heavy atom. The number of halogens is 1. The molecule has 1 aliphatic heterocycles. The Bertz CT molecular complexity index is 647. The van der Waals surface area contributed by atoms with E-state index in [2.05, 4.69) is 31.8 Å². The number of pyridine rings is 1. The second-order valence-electron chi connectivity index (χ2n) is 5.23. The molecule has 3 rings (SSSR count). The molecule has 1 aliphatic rings. The Morgan fingerprint density at radius 3 is 2.77 bits per heavy atom. The molecule has 0 unspecified atom stereocenters. The molecule has 6 nitrogen and oxygen atoms in total. The highest BCUT2D eigenvalue weighted by atomic mass is 127. The van der Waals surface area contributed by atoms with E-state index in [1.807, 2.05) is 36.9 Å². The molecule has 2 N–H and O–H groups in total. The summed E-state index contributed by atoms with van der Waals surface area (Å²) in [6, 6.07) is 6.10. The third-order valence-electron chi connectivity index (χ3n) is 3.39. The molecule has 0 saturated heterocycles. The predicted molar refractivity (Wildman–Crippen MR) is 98.0 cm³/mol. The van der Waals surface area contributed by atoms with Crippen LogP contribution in [0, 0.1) is 13.8 Å². The minimum absolute atomic E-state index is 0. The summed E-state index contributed by atoms with van der Waals surface area (Å²) in [4.78, 5) is 8.87. The number of aryl methyl sites for hydroxylation is 2. The molecule has 0 atom stereocenters. The molecule has 0 radical (unpaired) electrons. The van der Waals surface area contributed by atoms with Crippen LogP contribution in [0.15, 0.2) is 29.4 Å². The zero-order chi connectivity index (χ0) is 14.7. The van der Waals surface area contributed by atoms with Crippen molar-refractivity contribution in [2.75, 3.05) is 13.1 Å². The average molecular weight is 412 g/mol. The monoisotopic (exact) mass is 412 g/mol. The van der Waals surface area contributed by atoms with Crippen LogP contribution in [0.1, 0.15) is 23.4 Å². The summed E-state index contributed by atoms with van der Waals surface area (Å²) < 4.78 is 1.86. The molecule has 0 aromatic carbocycles. The highest BCUT2D eigenvalue weighted by Gasteiger charge is 2.06. The molecule has 3 heterocycles. The van der Waals surface area contributed by atoms with E-state index < -0.39 is 0 Å². The smallest absolute Gasteiger partial charge is 0.191 e. The van der Waals surface area contributed by atoms with Gasteiger partial charge in [-0.25, -0.2) is 9.67 Å². The van der Waals surface area contributed by atoms with Crippen molar-refractivity contribution in [3.05, 3.63) is 41.3 Å². The lowest BCUT2D eigenvalue weighted by molar-refractivity contribution is 0.701. The maximum atomic E-state index is 4.49. The Hall–Kier alpha value is -1.64. The van der Waals surface area contributed by atoms with Gasteiger partial charge in [-0.1, -0.05) is 6.07 Å². The molecule has 0 bridgehead atoms. The first-order valence-electron chi connectivity index (χ1n) is 7.23. The molecule has 2 aromatic heterocycles. The zero-order valence-electron chi connectivity index (χ0n) is 12.8. The number of hydrogen-bond donors (Lipinski definition) is 2. The van der Waals surface area contributed by atoms with Gasteiger partial charge >= 0.3 is 0 Å². The topological polar surface area (TPSA) is 67.1 Å². The minimum Gasteiger partial charge on any atom is -0.356 e. The van der Waals surface area contributed by atoms with Gasteiger partial charge in [-0.2, -0.15) is 5.10 Å². The Morgan fingerprint density at radius 1 is 1.32 bits per heavy atom. The van der Waals surface area contributed by atoms with Gasteiger partial charge in [0, 0.05) is 31.5 Å². The van der Waals surface area contributed by atoms with Crippen molar-refractivity contribution >= 4 is 29.9 Å². The van der Waals surface area contributed by atoms with Crippen LogP contribution in [0.25, 0.3) is 5.82 Å². The van der Waals surface area contributed by atoms with Gasteiger partial charge in [-0.15, -0.1) is 24.0 Å². The zero-order valence-corrected chi connectivity index (χ0v) is 15.2. The van der Waals surface area contributed by atoms with E-state index in [0.29, 0.717) is 0 Å². The highest BCUT2D eigenvalue weighted by molar-refractivity contribution is 14.0. The van der Waals surface area contributed by atoms with Crippen molar-refractivity contribution in [2.45, 2.75) is 26.8 Å². The molecule has 0 saturated carbocycles. The maximum Gasteiger partial charge on any atom is 0.191 e. The van der Waals surface area contributed by atoms with Crippen LogP contribution >= 0.6 is 24.0 Å². The van der Waals surface area contributed by atoms with Crippen LogP contribution in [0.5, 0.6) is 0 Å². The predicted octanol–water partition coefficient (Wildman–Crippen LogP) is 1.94. The first kappa shape index (κ1) is 16.7. The summed E-state index contributed by atoms with van der Waals surface area (Å²) >= 11 is 0. The van der Waals surface area contributed by atoms with Crippen LogP contribution in [0.2, 0.25) is 0 Å². The van der Waals surface area contributed by atoms with Crippen LogP contribution in [0.3, 0.4) is 0 Å². The Labute approximate surface area is 147 Å². The third-order valence-corrected chi connectivity index (χ3v) is 3.39. The molecule has 2 aromatic rings. The van der Waals surface area contributed by atoms with E-state index in [1.165, 1.54) is 0 Å². The number of hydrogen-bond acceptors (Lipinski definition) is 5.